The summed E-state index contributed by atoms with van der Waals surface area (Å²) in [6.07, 6.45) is 3.49. The molecule has 5 aromatic rings. The Morgan fingerprint density at radius 3 is 2.73 bits per heavy atom. The van der Waals surface area contributed by atoms with Crippen LogP contribution in [0.5, 0.6) is 0 Å². The van der Waals surface area contributed by atoms with Crippen LogP contribution in [0.2, 0.25) is 0 Å². The summed E-state index contributed by atoms with van der Waals surface area (Å²) in [6, 6.07) is 16.1. The van der Waals surface area contributed by atoms with Crippen LogP contribution >= 0.6 is 0 Å². The van der Waals surface area contributed by atoms with Crippen LogP contribution in [0.15, 0.2) is 71.8 Å². The van der Waals surface area contributed by atoms with E-state index in [1.54, 1.807) is 41.8 Å². The number of aromatic amines is 1. The lowest BCUT2D eigenvalue weighted by Crippen LogP contribution is -2.12. The van der Waals surface area contributed by atoms with E-state index < -0.39 is 0 Å². The van der Waals surface area contributed by atoms with Gasteiger partial charge in [0.1, 0.15) is 0 Å². The van der Waals surface area contributed by atoms with Crippen molar-refractivity contribution in [1.82, 2.24) is 24.6 Å². The maximum atomic E-state index is 12.7. The van der Waals surface area contributed by atoms with Crippen molar-refractivity contribution in [3.63, 3.8) is 0 Å². The normalized spacial score (nSPS) is 11.1. The van der Waals surface area contributed by atoms with Crippen molar-refractivity contribution in [3.8, 4) is 11.4 Å². The fraction of sp³-hybridized carbons (Fsp3) is 0.0455. The molecule has 3 aromatic heterocycles. The molecular formula is C22H16N6O2. The molecule has 0 saturated carbocycles. The van der Waals surface area contributed by atoms with Crippen LogP contribution in [0.25, 0.3) is 28.1 Å². The zero-order valence-corrected chi connectivity index (χ0v) is 16.0. The number of rotatable bonds is 3. The number of carbonyl (C=O) groups is 1. The third kappa shape index (κ3) is 3.10. The molecule has 0 spiro atoms. The first kappa shape index (κ1) is 17.7. The van der Waals surface area contributed by atoms with Gasteiger partial charge in [-0.05, 0) is 48.7 Å². The van der Waals surface area contributed by atoms with Gasteiger partial charge < -0.3 is 10.3 Å². The fourth-order valence-electron chi connectivity index (χ4n) is 3.30. The Balaban J connectivity index is 1.39. The van der Waals surface area contributed by atoms with Gasteiger partial charge in [-0.2, -0.15) is 0 Å². The number of pyridine rings is 1. The molecule has 0 fully saturated rings. The van der Waals surface area contributed by atoms with E-state index in [2.05, 4.69) is 25.5 Å². The minimum atomic E-state index is -0.247. The van der Waals surface area contributed by atoms with Crippen molar-refractivity contribution in [1.29, 1.82) is 0 Å². The molecule has 2 N–H and O–H groups in total. The van der Waals surface area contributed by atoms with Gasteiger partial charge in [0.15, 0.2) is 5.82 Å². The highest BCUT2D eigenvalue weighted by Gasteiger charge is 2.11. The summed E-state index contributed by atoms with van der Waals surface area (Å²) in [7, 11) is 0. The Morgan fingerprint density at radius 2 is 1.90 bits per heavy atom. The smallest absolute Gasteiger partial charge is 0.255 e. The molecule has 0 aliphatic rings. The second-order valence-corrected chi connectivity index (χ2v) is 6.93. The third-order valence-electron chi connectivity index (χ3n) is 4.88. The number of H-pyrrole nitrogens is 1. The minimum Gasteiger partial charge on any atom is -0.322 e. The van der Waals surface area contributed by atoms with Crippen molar-refractivity contribution < 1.29 is 4.79 Å². The van der Waals surface area contributed by atoms with Crippen molar-refractivity contribution in [2.24, 2.45) is 0 Å². The van der Waals surface area contributed by atoms with Crippen LogP contribution < -0.4 is 10.9 Å². The monoisotopic (exact) mass is 396 g/mol. The molecule has 0 aliphatic carbocycles. The number of fused-ring (bicyclic) bond motifs is 2. The molecule has 0 bridgehead atoms. The highest BCUT2D eigenvalue weighted by atomic mass is 16.1. The largest absolute Gasteiger partial charge is 0.322 e. The van der Waals surface area contributed by atoms with E-state index in [0.29, 0.717) is 33.9 Å². The Labute approximate surface area is 170 Å². The number of anilines is 1. The maximum absolute atomic E-state index is 12.7. The zero-order valence-electron chi connectivity index (χ0n) is 16.0. The van der Waals surface area contributed by atoms with E-state index in [-0.39, 0.29) is 11.5 Å². The standard InChI is InChI=1S/C22H16N6O2/c1-13-11-16-7-8-17(12-18(16)25-20(13)29)24-21(30)15-5-3-14(4-6-15)19-26-27-22-23-9-2-10-28(19)22/h2-12H,1H3,(H,24,30)(H,25,29). The average molecular weight is 396 g/mol. The van der Waals surface area contributed by atoms with Crippen LogP contribution in [0, 0.1) is 6.92 Å². The molecule has 2 aromatic carbocycles. The first-order valence-corrected chi connectivity index (χ1v) is 9.30. The van der Waals surface area contributed by atoms with E-state index in [1.807, 2.05) is 36.5 Å². The van der Waals surface area contributed by atoms with E-state index >= 15 is 0 Å². The van der Waals surface area contributed by atoms with Crippen LogP contribution in [0.3, 0.4) is 0 Å². The molecule has 0 unspecified atom stereocenters. The lowest BCUT2D eigenvalue weighted by Gasteiger charge is -2.08. The fourth-order valence-corrected chi connectivity index (χ4v) is 3.30. The van der Waals surface area contributed by atoms with Crippen LogP contribution in [-0.4, -0.2) is 30.5 Å². The summed E-state index contributed by atoms with van der Waals surface area (Å²) >= 11 is 0. The number of nitrogens with zero attached hydrogens (tertiary/aromatic N) is 4. The Hall–Kier alpha value is -4.33. The molecule has 3 heterocycles. The Morgan fingerprint density at radius 1 is 1.07 bits per heavy atom. The van der Waals surface area contributed by atoms with Crippen molar-refractivity contribution in [2.45, 2.75) is 6.92 Å². The number of hydrogen-bond donors (Lipinski definition) is 2. The summed E-state index contributed by atoms with van der Waals surface area (Å²) in [5.41, 5.74) is 3.11. The van der Waals surface area contributed by atoms with Gasteiger partial charge >= 0.3 is 0 Å². The maximum Gasteiger partial charge on any atom is 0.255 e. The molecule has 146 valence electrons. The predicted octanol–water partition coefficient (Wildman–Crippen LogP) is 3.19. The van der Waals surface area contributed by atoms with E-state index in [4.69, 9.17) is 0 Å². The molecule has 0 atom stereocenters. The second kappa shape index (κ2) is 6.93. The summed E-state index contributed by atoms with van der Waals surface area (Å²) < 4.78 is 1.78. The van der Waals surface area contributed by atoms with Crippen LogP contribution in [0.1, 0.15) is 15.9 Å². The van der Waals surface area contributed by atoms with E-state index in [9.17, 15) is 9.59 Å². The summed E-state index contributed by atoms with van der Waals surface area (Å²) in [5.74, 6) is 0.917. The molecule has 8 nitrogen and oxygen atoms in total. The lowest BCUT2D eigenvalue weighted by molar-refractivity contribution is 0.102. The molecule has 0 aliphatic heterocycles. The molecule has 0 radical (unpaired) electrons. The number of carbonyl (C=O) groups excluding carboxylic acids is 1. The van der Waals surface area contributed by atoms with Gasteiger partial charge in [0, 0.05) is 34.8 Å². The van der Waals surface area contributed by atoms with Gasteiger partial charge in [-0.3, -0.25) is 14.0 Å². The van der Waals surface area contributed by atoms with Gasteiger partial charge in [-0.1, -0.05) is 18.2 Å². The van der Waals surface area contributed by atoms with Crippen LogP contribution in [-0.2, 0) is 0 Å². The van der Waals surface area contributed by atoms with Crippen molar-refractivity contribution in [3.05, 3.63) is 88.5 Å². The third-order valence-corrected chi connectivity index (χ3v) is 4.88. The first-order chi connectivity index (χ1) is 14.6. The van der Waals surface area contributed by atoms with Gasteiger partial charge in [-0.15, -0.1) is 10.2 Å². The minimum absolute atomic E-state index is 0.141. The summed E-state index contributed by atoms with van der Waals surface area (Å²) in [6.45, 7) is 1.76. The zero-order chi connectivity index (χ0) is 20.7. The lowest BCUT2D eigenvalue weighted by atomic mass is 10.1. The molecular weight excluding hydrogens is 380 g/mol. The predicted molar refractivity (Wildman–Crippen MR) is 113 cm³/mol. The molecule has 8 heteroatoms. The Bertz CT molecular complexity index is 1470. The van der Waals surface area contributed by atoms with Crippen molar-refractivity contribution >= 4 is 28.3 Å². The SMILES string of the molecule is Cc1cc2ccc(NC(=O)c3ccc(-c4nnc5ncccn45)cc3)cc2[nH]c1=O. The van der Waals surface area contributed by atoms with Gasteiger partial charge in [0.25, 0.3) is 17.2 Å². The average Bonchev–Trinajstić information content (AvgIpc) is 3.19. The second-order valence-electron chi connectivity index (χ2n) is 6.93. The summed E-state index contributed by atoms with van der Waals surface area (Å²) in [5, 5.41) is 12.0. The highest BCUT2D eigenvalue weighted by molar-refractivity contribution is 6.05. The molecule has 30 heavy (non-hydrogen) atoms. The topological polar surface area (TPSA) is 105 Å². The number of benzene rings is 2. The summed E-state index contributed by atoms with van der Waals surface area (Å²) in [4.78, 5) is 31.5. The van der Waals surface area contributed by atoms with Gasteiger partial charge in [0.2, 0.25) is 0 Å². The highest BCUT2D eigenvalue weighted by Crippen LogP contribution is 2.20. The number of aromatic nitrogens is 5. The quantitative estimate of drug-likeness (QED) is 0.487. The Kier molecular flexibility index (Phi) is 4.10. The number of hydrogen-bond acceptors (Lipinski definition) is 5. The molecule has 0 saturated heterocycles. The van der Waals surface area contributed by atoms with Gasteiger partial charge in [-0.25, -0.2) is 4.98 Å². The van der Waals surface area contributed by atoms with Gasteiger partial charge in [0.05, 0.1) is 5.52 Å². The number of aryl methyl sites for hydroxylation is 1. The molecule has 1 amide bonds. The van der Waals surface area contributed by atoms with E-state index in [1.165, 1.54) is 0 Å². The van der Waals surface area contributed by atoms with Crippen LogP contribution in [0.4, 0.5) is 5.69 Å². The molecule has 5 rings (SSSR count). The number of nitrogens with one attached hydrogen (secondary N) is 2. The van der Waals surface area contributed by atoms with E-state index in [0.717, 1.165) is 10.9 Å². The van der Waals surface area contributed by atoms with Crippen molar-refractivity contribution in [2.75, 3.05) is 5.32 Å². The number of amides is 1. The first-order valence-electron chi connectivity index (χ1n) is 9.30.